The van der Waals surface area contributed by atoms with Crippen LogP contribution in [0.5, 0.6) is 0 Å². The van der Waals surface area contributed by atoms with Crippen LogP contribution in [0.1, 0.15) is 52.6 Å². The minimum Gasteiger partial charge on any atom is -0.545 e. The quantitative estimate of drug-likeness (QED) is 0.288. The molecule has 168 valence electrons. The zero-order valence-electron chi connectivity index (χ0n) is 18.5. The molecule has 6 nitrogen and oxygen atoms in total. The average Bonchev–Trinajstić information content (AvgIpc) is 2.89. The van der Waals surface area contributed by atoms with Crippen LogP contribution in [0.2, 0.25) is 0 Å². The van der Waals surface area contributed by atoms with E-state index in [1.165, 1.54) is 24.3 Å². The molecule has 0 bridgehead atoms. The number of carbonyl (C=O) groups excluding carboxylic acids is 4. The van der Waals surface area contributed by atoms with Crippen molar-refractivity contribution in [1.29, 1.82) is 0 Å². The van der Waals surface area contributed by atoms with Gasteiger partial charge in [0.05, 0.1) is 11.9 Å². The molecule has 0 heterocycles. The zero-order valence-corrected chi connectivity index (χ0v) is 21.5. The van der Waals surface area contributed by atoms with Crippen LogP contribution < -0.4 is 10.2 Å². The zero-order chi connectivity index (χ0) is 24.5. The molecule has 7 heteroatoms. The van der Waals surface area contributed by atoms with Gasteiger partial charge in [-0.05, 0) is 0 Å². The van der Waals surface area contributed by atoms with Crippen molar-refractivity contribution in [3.8, 4) is 0 Å². The SMILES string of the molecule is O=C([O-])c1ccccc1C(=O)c1ccccc1.O=C([O-])c1ccccc1C(=O)c1ccccc1.[Zn+2]. The first kappa shape index (κ1) is 27.0. The van der Waals surface area contributed by atoms with E-state index in [2.05, 4.69) is 0 Å². The Bertz CT molecular complexity index is 1230. The molecule has 0 aromatic heterocycles. The first-order valence-electron chi connectivity index (χ1n) is 10.2. The number of carbonyl (C=O) groups is 4. The summed E-state index contributed by atoms with van der Waals surface area (Å²) in [6, 6.07) is 29.2. The Balaban J connectivity index is 0.000000240. The summed E-state index contributed by atoms with van der Waals surface area (Å²) in [5, 5.41) is 21.8. The number of hydrogen-bond donors (Lipinski definition) is 0. The third kappa shape index (κ3) is 6.89. The minimum atomic E-state index is -1.34. The summed E-state index contributed by atoms with van der Waals surface area (Å²) in [5.41, 5.74) is 1.06. The van der Waals surface area contributed by atoms with E-state index in [0.717, 1.165) is 0 Å². The molecule has 4 rings (SSSR count). The smallest absolute Gasteiger partial charge is 0.545 e. The second-order valence-electron chi connectivity index (χ2n) is 7.06. The summed E-state index contributed by atoms with van der Waals surface area (Å²) in [7, 11) is 0. The molecule has 35 heavy (non-hydrogen) atoms. The summed E-state index contributed by atoms with van der Waals surface area (Å²) >= 11 is 0. The van der Waals surface area contributed by atoms with Gasteiger partial charge >= 0.3 is 19.5 Å². The second kappa shape index (κ2) is 12.9. The first-order chi connectivity index (χ1) is 16.4. The Morgan fingerprint density at radius 3 is 0.943 bits per heavy atom. The maximum Gasteiger partial charge on any atom is 2.00 e. The molecule has 0 spiro atoms. The Hall–Kier alpha value is -4.22. The average molecular weight is 516 g/mol. The molecule has 0 fully saturated rings. The number of carboxylic acids is 2. The van der Waals surface area contributed by atoms with Crippen molar-refractivity contribution in [3.63, 3.8) is 0 Å². The van der Waals surface area contributed by atoms with Gasteiger partial charge in [0.25, 0.3) is 0 Å². The maximum absolute atomic E-state index is 12.1. The third-order valence-corrected chi connectivity index (χ3v) is 4.86. The van der Waals surface area contributed by atoms with Gasteiger partial charge in [0.15, 0.2) is 11.6 Å². The summed E-state index contributed by atoms with van der Waals surface area (Å²) in [4.78, 5) is 45.9. The third-order valence-electron chi connectivity index (χ3n) is 4.86. The van der Waals surface area contributed by atoms with Crippen molar-refractivity contribution < 1.29 is 48.9 Å². The summed E-state index contributed by atoms with van der Waals surface area (Å²) in [6.07, 6.45) is 0. The molecule has 0 aliphatic carbocycles. The van der Waals surface area contributed by atoms with Crippen LogP contribution in [-0.4, -0.2) is 23.5 Å². The molecule has 0 atom stereocenters. The van der Waals surface area contributed by atoms with Crippen LogP contribution in [-0.2, 0) is 19.5 Å². The van der Waals surface area contributed by atoms with Crippen molar-refractivity contribution in [2.24, 2.45) is 0 Å². The number of rotatable bonds is 6. The molecule has 0 N–H and O–H groups in total. The van der Waals surface area contributed by atoms with Crippen molar-refractivity contribution in [3.05, 3.63) is 143 Å². The Kier molecular flexibility index (Phi) is 9.94. The van der Waals surface area contributed by atoms with Gasteiger partial charge in [0.2, 0.25) is 0 Å². The maximum atomic E-state index is 12.1. The van der Waals surface area contributed by atoms with Gasteiger partial charge < -0.3 is 19.8 Å². The van der Waals surface area contributed by atoms with Crippen LogP contribution in [0.4, 0.5) is 0 Å². The van der Waals surface area contributed by atoms with Crippen LogP contribution in [0.15, 0.2) is 109 Å². The van der Waals surface area contributed by atoms with E-state index in [1.54, 1.807) is 84.9 Å². The molecule has 0 saturated heterocycles. The first-order valence-corrected chi connectivity index (χ1v) is 10.2. The largest absolute Gasteiger partial charge is 2.00 e. The van der Waals surface area contributed by atoms with Gasteiger partial charge in [-0.3, -0.25) is 9.59 Å². The van der Waals surface area contributed by atoms with E-state index >= 15 is 0 Å². The van der Waals surface area contributed by atoms with Crippen LogP contribution in [0.25, 0.3) is 0 Å². The topological polar surface area (TPSA) is 114 Å². The van der Waals surface area contributed by atoms with Gasteiger partial charge in [0.1, 0.15) is 0 Å². The standard InChI is InChI=1S/2C14H10O3.Zn/c2*15-13(10-6-2-1-3-7-10)11-8-4-5-9-12(11)14(16)17;/h2*1-9H,(H,16,17);/q;;+2/p-2. The van der Waals surface area contributed by atoms with Gasteiger partial charge in [-0.15, -0.1) is 0 Å². The van der Waals surface area contributed by atoms with Crippen molar-refractivity contribution >= 4 is 23.5 Å². The molecular formula is C28H18O6Zn. The van der Waals surface area contributed by atoms with Gasteiger partial charge in [-0.1, -0.05) is 109 Å². The molecule has 0 aliphatic heterocycles. The van der Waals surface area contributed by atoms with Gasteiger partial charge in [-0.2, -0.15) is 0 Å². The second-order valence-corrected chi connectivity index (χ2v) is 7.06. The van der Waals surface area contributed by atoms with E-state index in [0.29, 0.717) is 11.1 Å². The van der Waals surface area contributed by atoms with E-state index < -0.39 is 11.9 Å². The van der Waals surface area contributed by atoms with Crippen molar-refractivity contribution in [1.82, 2.24) is 0 Å². The van der Waals surface area contributed by atoms with Crippen LogP contribution in [0.3, 0.4) is 0 Å². The predicted octanol–water partition coefficient (Wildman–Crippen LogP) is 2.56. The van der Waals surface area contributed by atoms with E-state index in [-0.39, 0.29) is 53.3 Å². The molecule has 0 amide bonds. The normalized spacial score (nSPS) is 9.60. The summed E-state index contributed by atoms with van der Waals surface area (Å²) < 4.78 is 0. The Labute approximate surface area is 214 Å². The summed E-state index contributed by atoms with van der Waals surface area (Å²) in [6.45, 7) is 0. The van der Waals surface area contributed by atoms with Crippen LogP contribution in [0, 0.1) is 0 Å². The monoisotopic (exact) mass is 514 g/mol. The molecule has 0 radical (unpaired) electrons. The van der Waals surface area contributed by atoms with E-state index in [1.807, 2.05) is 0 Å². The van der Waals surface area contributed by atoms with Gasteiger partial charge in [-0.25, -0.2) is 0 Å². The number of benzene rings is 4. The van der Waals surface area contributed by atoms with Gasteiger partial charge in [0, 0.05) is 33.4 Å². The number of aromatic carboxylic acids is 2. The molecule has 4 aromatic carbocycles. The van der Waals surface area contributed by atoms with E-state index in [4.69, 9.17) is 0 Å². The number of hydrogen-bond acceptors (Lipinski definition) is 6. The number of ketones is 2. The molecule has 0 aliphatic rings. The summed E-state index contributed by atoms with van der Waals surface area (Å²) in [5.74, 6) is -3.31. The Morgan fingerprint density at radius 1 is 0.400 bits per heavy atom. The predicted molar refractivity (Wildman–Crippen MR) is 121 cm³/mol. The fourth-order valence-electron chi connectivity index (χ4n) is 3.21. The number of carboxylic acid groups (broad SMARTS) is 2. The fourth-order valence-corrected chi connectivity index (χ4v) is 3.21. The fraction of sp³-hybridized carbons (Fsp3) is 0. The van der Waals surface area contributed by atoms with Crippen molar-refractivity contribution in [2.45, 2.75) is 0 Å². The Morgan fingerprint density at radius 2 is 0.657 bits per heavy atom. The molecule has 4 aromatic rings. The molecular weight excluding hydrogens is 498 g/mol. The minimum absolute atomic E-state index is 0. The van der Waals surface area contributed by atoms with Crippen molar-refractivity contribution in [2.75, 3.05) is 0 Å². The molecule has 0 saturated carbocycles. The molecule has 0 unspecified atom stereocenters. The van der Waals surface area contributed by atoms with E-state index in [9.17, 15) is 29.4 Å². The van der Waals surface area contributed by atoms with Crippen LogP contribution >= 0.6 is 0 Å².